The van der Waals surface area contributed by atoms with Crippen LogP contribution in [0.25, 0.3) is 0 Å². The van der Waals surface area contributed by atoms with Crippen molar-refractivity contribution < 1.29 is 26.4 Å². The lowest BCUT2D eigenvalue weighted by atomic mass is 10.1. The van der Waals surface area contributed by atoms with Crippen molar-refractivity contribution in [3.63, 3.8) is 0 Å². The lowest BCUT2D eigenvalue weighted by molar-refractivity contribution is -0.137. The third-order valence-corrected chi connectivity index (χ3v) is 5.79. The van der Waals surface area contributed by atoms with Gasteiger partial charge in [-0.1, -0.05) is 12.1 Å². The van der Waals surface area contributed by atoms with Gasteiger partial charge in [0, 0.05) is 31.7 Å². The van der Waals surface area contributed by atoms with Crippen LogP contribution in [0, 0.1) is 0 Å². The highest BCUT2D eigenvalue weighted by Crippen LogP contribution is 2.34. The van der Waals surface area contributed by atoms with Crippen molar-refractivity contribution in [2.24, 2.45) is 0 Å². The van der Waals surface area contributed by atoms with Gasteiger partial charge in [0.25, 0.3) is 0 Å². The van der Waals surface area contributed by atoms with Gasteiger partial charge < -0.3 is 10.2 Å². The zero-order chi connectivity index (χ0) is 18.0. The number of nitrogens with zero attached hydrogens (tertiary/aromatic N) is 1. The van der Waals surface area contributed by atoms with Crippen LogP contribution in [0.15, 0.2) is 24.3 Å². The number of amides is 1. The highest BCUT2D eigenvalue weighted by molar-refractivity contribution is 7.91. The fraction of sp³-hybridized carbons (Fsp3) is 0.533. The first-order valence-corrected chi connectivity index (χ1v) is 9.28. The minimum atomic E-state index is -4.47. The minimum Gasteiger partial charge on any atom is -0.384 e. The average molecular weight is 364 g/mol. The zero-order valence-electron chi connectivity index (χ0n) is 13.1. The van der Waals surface area contributed by atoms with Gasteiger partial charge in [0.2, 0.25) is 5.91 Å². The highest BCUT2D eigenvalue weighted by atomic mass is 32.2. The van der Waals surface area contributed by atoms with Gasteiger partial charge in [0.15, 0.2) is 9.84 Å². The molecule has 1 aromatic carbocycles. The summed E-state index contributed by atoms with van der Waals surface area (Å²) in [5.41, 5.74) is -0.864. The van der Waals surface area contributed by atoms with Gasteiger partial charge in [-0.15, -0.1) is 0 Å². The molecule has 1 unspecified atom stereocenters. The SMILES string of the molecule is CN(C(=O)CCNc1ccccc1C(F)(F)F)C1CCS(=O)(=O)C1. The number of nitrogens with one attached hydrogen (secondary N) is 1. The molecule has 1 saturated heterocycles. The predicted molar refractivity (Wildman–Crippen MR) is 84.4 cm³/mol. The molecule has 24 heavy (non-hydrogen) atoms. The summed E-state index contributed by atoms with van der Waals surface area (Å²) in [6.45, 7) is 0.0374. The van der Waals surface area contributed by atoms with Crippen molar-refractivity contribution in [1.29, 1.82) is 0 Å². The molecule has 1 N–H and O–H groups in total. The number of sulfone groups is 1. The van der Waals surface area contributed by atoms with Crippen LogP contribution in [0.5, 0.6) is 0 Å². The number of benzene rings is 1. The molecule has 0 spiro atoms. The van der Waals surface area contributed by atoms with E-state index in [-0.39, 0.29) is 42.1 Å². The van der Waals surface area contributed by atoms with Gasteiger partial charge in [-0.05, 0) is 18.6 Å². The quantitative estimate of drug-likeness (QED) is 0.870. The van der Waals surface area contributed by atoms with Crippen LogP contribution < -0.4 is 5.32 Å². The highest BCUT2D eigenvalue weighted by Gasteiger charge is 2.34. The number of hydrogen-bond donors (Lipinski definition) is 1. The molecule has 0 bridgehead atoms. The van der Waals surface area contributed by atoms with E-state index in [1.165, 1.54) is 30.1 Å². The Morgan fingerprint density at radius 3 is 2.58 bits per heavy atom. The summed E-state index contributed by atoms with van der Waals surface area (Å²) in [6.07, 6.45) is -4.09. The van der Waals surface area contributed by atoms with Crippen molar-refractivity contribution in [3.05, 3.63) is 29.8 Å². The zero-order valence-corrected chi connectivity index (χ0v) is 14.0. The topological polar surface area (TPSA) is 66.5 Å². The first-order chi connectivity index (χ1) is 11.1. The summed E-state index contributed by atoms with van der Waals surface area (Å²) >= 11 is 0. The van der Waals surface area contributed by atoms with E-state index in [1.807, 2.05) is 0 Å². The molecule has 9 heteroatoms. The summed E-state index contributed by atoms with van der Waals surface area (Å²) in [4.78, 5) is 13.5. The standard InChI is InChI=1S/C15H19F3N2O3S/c1-20(11-7-9-24(22,23)10-11)14(21)6-8-19-13-5-3-2-4-12(13)15(16,17)18/h2-5,11,19H,6-10H2,1H3. The second-order valence-corrected chi connectivity index (χ2v) is 8.01. The smallest absolute Gasteiger partial charge is 0.384 e. The number of alkyl halides is 3. The van der Waals surface area contributed by atoms with E-state index in [4.69, 9.17) is 0 Å². The summed E-state index contributed by atoms with van der Waals surface area (Å²) in [6, 6.07) is 4.70. The van der Waals surface area contributed by atoms with E-state index >= 15 is 0 Å². The summed E-state index contributed by atoms with van der Waals surface area (Å²) in [7, 11) is -1.57. The van der Waals surface area contributed by atoms with Crippen LogP contribution in [0.4, 0.5) is 18.9 Å². The van der Waals surface area contributed by atoms with Crippen LogP contribution >= 0.6 is 0 Å². The van der Waals surface area contributed by atoms with E-state index in [1.54, 1.807) is 0 Å². The lowest BCUT2D eigenvalue weighted by Crippen LogP contribution is -2.38. The molecule has 1 amide bonds. The van der Waals surface area contributed by atoms with E-state index in [0.29, 0.717) is 6.42 Å². The van der Waals surface area contributed by atoms with Crippen LogP contribution in [0.3, 0.4) is 0 Å². The van der Waals surface area contributed by atoms with Crippen LogP contribution in [0.1, 0.15) is 18.4 Å². The molecule has 1 aliphatic rings. The van der Waals surface area contributed by atoms with E-state index in [2.05, 4.69) is 5.32 Å². The third-order valence-electron chi connectivity index (χ3n) is 4.04. The second-order valence-electron chi connectivity index (χ2n) is 5.78. The molecule has 5 nitrogen and oxygen atoms in total. The predicted octanol–water partition coefficient (Wildman–Crippen LogP) is 2.15. The van der Waals surface area contributed by atoms with Crippen LogP contribution in [-0.4, -0.2) is 50.4 Å². The van der Waals surface area contributed by atoms with Crippen molar-refractivity contribution in [1.82, 2.24) is 4.90 Å². The number of carbonyl (C=O) groups is 1. The fourth-order valence-electron chi connectivity index (χ4n) is 2.65. The Kier molecular flexibility index (Phi) is 5.42. The largest absolute Gasteiger partial charge is 0.418 e. The number of rotatable bonds is 5. The Morgan fingerprint density at radius 2 is 2.00 bits per heavy atom. The van der Waals surface area contributed by atoms with Crippen LogP contribution in [-0.2, 0) is 20.8 Å². The molecular weight excluding hydrogens is 345 g/mol. The van der Waals surface area contributed by atoms with Crippen molar-refractivity contribution in [2.75, 3.05) is 30.4 Å². The maximum Gasteiger partial charge on any atom is 0.418 e. The Morgan fingerprint density at radius 1 is 1.33 bits per heavy atom. The van der Waals surface area contributed by atoms with E-state index < -0.39 is 21.6 Å². The molecule has 0 radical (unpaired) electrons. The number of hydrogen-bond acceptors (Lipinski definition) is 4. The monoisotopic (exact) mass is 364 g/mol. The van der Waals surface area contributed by atoms with Gasteiger partial charge in [0.1, 0.15) is 0 Å². The number of anilines is 1. The van der Waals surface area contributed by atoms with Crippen LogP contribution in [0.2, 0.25) is 0 Å². The molecular formula is C15H19F3N2O3S. The molecule has 0 aromatic heterocycles. The minimum absolute atomic E-state index is 0.0146. The van der Waals surface area contributed by atoms with Crippen molar-refractivity contribution in [3.8, 4) is 0 Å². The Bertz CT molecular complexity index is 704. The molecule has 2 rings (SSSR count). The maximum absolute atomic E-state index is 12.9. The maximum atomic E-state index is 12.9. The van der Waals surface area contributed by atoms with Gasteiger partial charge in [-0.2, -0.15) is 13.2 Å². The molecule has 0 aliphatic carbocycles. The van der Waals surface area contributed by atoms with Gasteiger partial charge in [-0.3, -0.25) is 4.79 Å². The van der Waals surface area contributed by atoms with Gasteiger partial charge in [-0.25, -0.2) is 8.42 Å². The molecule has 1 aliphatic heterocycles. The van der Waals surface area contributed by atoms with E-state index in [0.717, 1.165) is 6.07 Å². The average Bonchev–Trinajstić information content (AvgIpc) is 2.86. The molecule has 1 heterocycles. The normalized spacial score (nSPS) is 19.9. The van der Waals surface area contributed by atoms with Crippen molar-refractivity contribution >= 4 is 21.4 Å². The van der Waals surface area contributed by atoms with Gasteiger partial charge >= 0.3 is 6.18 Å². The second kappa shape index (κ2) is 7.00. The summed E-state index contributed by atoms with van der Waals surface area (Å²) in [5.74, 6) is -0.291. The lowest BCUT2D eigenvalue weighted by Gasteiger charge is -2.23. The van der Waals surface area contributed by atoms with Gasteiger partial charge in [0.05, 0.1) is 17.1 Å². The molecule has 1 atom stereocenters. The summed E-state index contributed by atoms with van der Waals surface area (Å²) < 4.78 is 61.5. The third kappa shape index (κ3) is 4.62. The number of halogens is 3. The Labute approximate surface area is 138 Å². The Hall–Kier alpha value is -1.77. The van der Waals surface area contributed by atoms with E-state index in [9.17, 15) is 26.4 Å². The van der Waals surface area contributed by atoms with Crippen molar-refractivity contribution in [2.45, 2.75) is 25.1 Å². The first-order valence-electron chi connectivity index (χ1n) is 7.46. The fourth-order valence-corrected chi connectivity index (χ4v) is 4.42. The molecule has 1 aromatic rings. The Balaban J connectivity index is 1.90. The molecule has 0 saturated carbocycles. The molecule has 1 fully saturated rings. The number of para-hydroxylation sites is 1. The molecule has 134 valence electrons. The first kappa shape index (κ1) is 18.6. The number of carbonyl (C=O) groups excluding carboxylic acids is 1. The summed E-state index contributed by atoms with van der Waals surface area (Å²) in [5, 5.41) is 2.63.